The molecule has 1 atom stereocenters. The second-order valence-electron chi connectivity index (χ2n) is 7.52. The quantitative estimate of drug-likeness (QED) is 0.778. The van der Waals surface area contributed by atoms with E-state index < -0.39 is 0 Å². The van der Waals surface area contributed by atoms with E-state index in [1.54, 1.807) is 0 Å². The first kappa shape index (κ1) is 16.3. The van der Waals surface area contributed by atoms with E-state index >= 15 is 0 Å². The third kappa shape index (κ3) is 3.69. The molecule has 0 aromatic heterocycles. The maximum atomic E-state index is 4.01. The van der Waals surface area contributed by atoms with Gasteiger partial charge in [-0.25, -0.2) is 0 Å². The molecule has 1 unspecified atom stereocenters. The lowest BCUT2D eigenvalue weighted by molar-refractivity contribution is 0.126. The standard InChI is InChI=1S/C21H30N2/c1-4-18(6-5-17(2)3)19-7-9-20(10-8-19)23-13-11-21(12-14-23)15-22-16-21/h4,7-10,18,22H,1-2,5-6,11-16H2,3H3. The fourth-order valence-electron chi connectivity index (χ4n) is 3.83. The molecular weight excluding hydrogens is 280 g/mol. The molecule has 124 valence electrons. The van der Waals surface area contributed by atoms with Crippen molar-refractivity contribution >= 4 is 5.69 Å². The minimum atomic E-state index is 0.437. The molecule has 0 amide bonds. The Bertz CT molecular complexity index is 544. The van der Waals surface area contributed by atoms with Crippen LogP contribution in [0.3, 0.4) is 0 Å². The molecule has 0 saturated carbocycles. The lowest BCUT2D eigenvalue weighted by atomic mass is 9.73. The average molecular weight is 310 g/mol. The van der Waals surface area contributed by atoms with Crippen molar-refractivity contribution in [3.05, 3.63) is 54.6 Å². The molecule has 0 aliphatic carbocycles. The summed E-state index contributed by atoms with van der Waals surface area (Å²) in [6.07, 6.45) is 6.91. The number of anilines is 1. The number of hydrogen-bond donors (Lipinski definition) is 1. The number of benzene rings is 1. The number of allylic oxidation sites excluding steroid dienone is 2. The Morgan fingerprint density at radius 3 is 2.39 bits per heavy atom. The van der Waals surface area contributed by atoms with Crippen LogP contribution in [0.4, 0.5) is 5.69 Å². The van der Waals surface area contributed by atoms with Gasteiger partial charge in [-0.05, 0) is 55.7 Å². The van der Waals surface area contributed by atoms with Crippen molar-refractivity contribution in [3.8, 4) is 0 Å². The topological polar surface area (TPSA) is 15.3 Å². The molecular formula is C21H30N2. The number of nitrogens with one attached hydrogen (secondary N) is 1. The zero-order valence-electron chi connectivity index (χ0n) is 14.5. The summed E-state index contributed by atoms with van der Waals surface area (Å²) in [7, 11) is 0. The van der Waals surface area contributed by atoms with Crippen LogP contribution in [0.1, 0.15) is 44.1 Å². The summed E-state index contributed by atoms with van der Waals surface area (Å²) in [4.78, 5) is 2.55. The first-order valence-corrected chi connectivity index (χ1v) is 8.94. The highest BCUT2D eigenvalue weighted by Gasteiger charge is 2.39. The Morgan fingerprint density at radius 1 is 1.26 bits per heavy atom. The minimum absolute atomic E-state index is 0.437. The maximum Gasteiger partial charge on any atom is 0.0366 e. The lowest BCUT2D eigenvalue weighted by Crippen LogP contribution is -2.58. The van der Waals surface area contributed by atoms with Gasteiger partial charge >= 0.3 is 0 Å². The third-order valence-corrected chi connectivity index (χ3v) is 5.68. The number of hydrogen-bond acceptors (Lipinski definition) is 2. The summed E-state index contributed by atoms with van der Waals surface area (Å²) < 4.78 is 0. The summed E-state index contributed by atoms with van der Waals surface area (Å²) in [6.45, 7) is 15.0. The van der Waals surface area contributed by atoms with Crippen molar-refractivity contribution in [2.75, 3.05) is 31.1 Å². The summed E-state index contributed by atoms with van der Waals surface area (Å²) in [5, 5.41) is 3.44. The molecule has 2 heterocycles. The van der Waals surface area contributed by atoms with E-state index in [0.717, 1.165) is 12.8 Å². The molecule has 2 aliphatic rings. The smallest absolute Gasteiger partial charge is 0.0366 e. The van der Waals surface area contributed by atoms with Crippen molar-refractivity contribution in [2.24, 2.45) is 5.41 Å². The van der Waals surface area contributed by atoms with Gasteiger partial charge in [0, 0.05) is 37.8 Å². The SMILES string of the molecule is C=CC(CCC(=C)C)c1ccc(N2CCC3(CC2)CNC3)cc1. The molecule has 3 rings (SSSR count). The van der Waals surface area contributed by atoms with Crippen LogP contribution in [0.15, 0.2) is 49.1 Å². The predicted molar refractivity (Wildman–Crippen MR) is 100 cm³/mol. The zero-order valence-corrected chi connectivity index (χ0v) is 14.5. The van der Waals surface area contributed by atoms with Crippen LogP contribution in [-0.4, -0.2) is 26.2 Å². The van der Waals surface area contributed by atoms with E-state index in [2.05, 4.69) is 60.6 Å². The van der Waals surface area contributed by atoms with Gasteiger partial charge in [-0.1, -0.05) is 23.8 Å². The highest BCUT2D eigenvalue weighted by molar-refractivity contribution is 5.49. The van der Waals surface area contributed by atoms with Crippen LogP contribution < -0.4 is 10.2 Å². The van der Waals surface area contributed by atoms with E-state index in [4.69, 9.17) is 0 Å². The van der Waals surface area contributed by atoms with Crippen molar-refractivity contribution in [1.82, 2.24) is 5.32 Å². The zero-order chi connectivity index (χ0) is 16.3. The summed E-state index contributed by atoms with van der Waals surface area (Å²) in [5.74, 6) is 0.437. The molecule has 2 aliphatic heterocycles. The van der Waals surface area contributed by atoms with Gasteiger partial charge in [-0.3, -0.25) is 0 Å². The molecule has 2 heteroatoms. The lowest BCUT2D eigenvalue weighted by Gasteiger charge is -2.49. The van der Waals surface area contributed by atoms with Crippen LogP contribution >= 0.6 is 0 Å². The largest absolute Gasteiger partial charge is 0.371 e. The summed E-state index contributed by atoms with van der Waals surface area (Å²) >= 11 is 0. The Kier molecular flexibility index (Phi) is 4.91. The molecule has 2 fully saturated rings. The van der Waals surface area contributed by atoms with E-state index in [-0.39, 0.29) is 0 Å². The highest BCUT2D eigenvalue weighted by atomic mass is 15.2. The minimum Gasteiger partial charge on any atom is -0.371 e. The molecule has 1 aromatic carbocycles. The first-order valence-electron chi connectivity index (χ1n) is 8.94. The Hall–Kier alpha value is -1.54. The van der Waals surface area contributed by atoms with Gasteiger partial charge in [-0.2, -0.15) is 0 Å². The second-order valence-corrected chi connectivity index (χ2v) is 7.52. The number of rotatable bonds is 6. The molecule has 1 aromatic rings. The van der Waals surface area contributed by atoms with E-state index in [9.17, 15) is 0 Å². The van der Waals surface area contributed by atoms with E-state index in [1.807, 2.05) is 0 Å². The molecule has 1 N–H and O–H groups in total. The summed E-state index contributed by atoms with van der Waals surface area (Å²) in [6, 6.07) is 9.16. The molecule has 23 heavy (non-hydrogen) atoms. The molecule has 0 radical (unpaired) electrons. The van der Waals surface area contributed by atoms with E-state index in [0.29, 0.717) is 11.3 Å². The van der Waals surface area contributed by atoms with Crippen LogP contribution in [0.25, 0.3) is 0 Å². The maximum absolute atomic E-state index is 4.01. The van der Waals surface area contributed by atoms with Gasteiger partial charge in [0.15, 0.2) is 0 Å². The summed E-state index contributed by atoms with van der Waals surface area (Å²) in [5.41, 5.74) is 4.62. The van der Waals surface area contributed by atoms with Crippen molar-refractivity contribution in [2.45, 2.75) is 38.5 Å². The van der Waals surface area contributed by atoms with E-state index in [1.165, 1.54) is 55.8 Å². The molecule has 2 nitrogen and oxygen atoms in total. The van der Waals surface area contributed by atoms with Gasteiger partial charge in [-0.15, -0.1) is 13.2 Å². The fourth-order valence-corrected chi connectivity index (χ4v) is 3.83. The van der Waals surface area contributed by atoms with Gasteiger partial charge in [0.05, 0.1) is 0 Å². The Labute approximate surface area is 141 Å². The normalized spacial score (nSPS) is 20.8. The van der Waals surface area contributed by atoms with Gasteiger partial charge in [0.25, 0.3) is 0 Å². The number of piperidine rings is 1. The fraction of sp³-hybridized carbons (Fsp3) is 0.524. The van der Waals surface area contributed by atoms with Crippen LogP contribution in [0.2, 0.25) is 0 Å². The monoisotopic (exact) mass is 310 g/mol. The molecule has 2 saturated heterocycles. The average Bonchev–Trinajstić information content (AvgIpc) is 2.54. The van der Waals surface area contributed by atoms with Crippen LogP contribution in [-0.2, 0) is 0 Å². The Balaban J connectivity index is 1.60. The van der Waals surface area contributed by atoms with Gasteiger partial charge in [0.1, 0.15) is 0 Å². The van der Waals surface area contributed by atoms with Gasteiger partial charge < -0.3 is 10.2 Å². The van der Waals surface area contributed by atoms with Crippen LogP contribution in [0, 0.1) is 5.41 Å². The number of nitrogens with zero attached hydrogens (tertiary/aromatic N) is 1. The Morgan fingerprint density at radius 2 is 1.91 bits per heavy atom. The van der Waals surface area contributed by atoms with Gasteiger partial charge in [0.2, 0.25) is 0 Å². The molecule has 1 spiro atoms. The van der Waals surface area contributed by atoms with Crippen LogP contribution in [0.5, 0.6) is 0 Å². The first-order chi connectivity index (χ1) is 11.1. The molecule has 0 bridgehead atoms. The predicted octanol–water partition coefficient (Wildman–Crippen LogP) is 4.50. The highest BCUT2D eigenvalue weighted by Crippen LogP contribution is 2.36. The van der Waals surface area contributed by atoms with Crippen molar-refractivity contribution in [3.63, 3.8) is 0 Å². The second kappa shape index (κ2) is 6.92. The van der Waals surface area contributed by atoms with Crippen molar-refractivity contribution in [1.29, 1.82) is 0 Å². The van der Waals surface area contributed by atoms with Crippen molar-refractivity contribution < 1.29 is 0 Å². The third-order valence-electron chi connectivity index (χ3n) is 5.68.